The van der Waals surface area contributed by atoms with Crippen molar-refractivity contribution < 1.29 is 4.79 Å². The van der Waals surface area contributed by atoms with Crippen molar-refractivity contribution in [2.75, 3.05) is 14.1 Å². The van der Waals surface area contributed by atoms with Crippen LogP contribution in [0.5, 0.6) is 0 Å². The maximum absolute atomic E-state index is 11.4. The Morgan fingerprint density at radius 1 is 1.40 bits per heavy atom. The predicted octanol–water partition coefficient (Wildman–Crippen LogP) is 2.67. The third-order valence-corrected chi connectivity index (χ3v) is 2.72. The zero-order valence-corrected chi connectivity index (χ0v) is 9.88. The Morgan fingerprint density at radius 2 is 1.93 bits per heavy atom. The molecule has 1 aromatic carbocycles. The molecule has 2 amide bonds. The normalized spacial score (nSPS) is 12.0. The van der Waals surface area contributed by atoms with Crippen LogP contribution in [0.25, 0.3) is 0 Å². The van der Waals surface area contributed by atoms with Gasteiger partial charge in [-0.25, -0.2) is 4.79 Å². The van der Waals surface area contributed by atoms with Gasteiger partial charge in [0.2, 0.25) is 0 Å². The molecule has 0 aliphatic carbocycles. The van der Waals surface area contributed by atoms with Gasteiger partial charge in [-0.3, -0.25) is 0 Å². The molecule has 0 heterocycles. The second-order valence-electron chi connectivity index (χ2n) is 3.39. The Hall–Kier alpha value is -1.22. The summed E-state index contributed by atoms with van der Waals surface area (Å²) in [5.74, 6) is 0. The van der Waals surface area contributed by atoms with Crippen LogP contribution in [0.1, 0.15) is 18.5 Å². The minimum atomic E-state index is -0.0996. The molecule has 1 unspecified atom stereocenters. The molecule has 0 spiro atoms. The highest BCUT2D eigenvalue weighted by Crippen LogP contribution is 2.20. The van der Waals surface area contributed by atoms with E-state index in [1.54, 1.807) is 19.0 Å². The third kappa shape index (κ3) is 2.86. The molecule has 3 nitrogen and oxygen atoms in total. The predicted molar refractivity (Wildman–Crippen MR) is 62.1 cm³/mol. The number of carbonyl (C=O) groups excluding carboxylic acids is 1. The highest BCUT2D eigenvalue weighted by atomic mass is 35.5. The molecule has 1 rings (SSSR count). The van der Waals surface area contributed by atoms with E-state index in [0.717, 1.165) is 5.56 Å². The Balaban J connectivity index is 2.80. The molecule has 82 valence electrons. The number of amides is 2. The van der Waals surface area contributed by atoms with Gasteiger partial charge in [-0.2, -0.15) is 0 Å². The van der Waals surface area contributed by atoms with Crippen molar-refractivity contribution in [2.45, 2.75) is 13.0 Å². The molecule has 1 aromatic rings. The number of halogens is 1. The fourth-order valence-corrected chi connectivity index (χ4v) is 1.44. The van der Waals surface area contributed by atoms with E-state index in [9.17, 15) is 4.79 Å². The Labute approximate surface area is 95.0 Å². The highest BCUT2D eigenvalue weighted by molar-refractivity contribution is 6.30. The van der Waals surface area contributed by atoms with Gasteiger partial charge in [0.1, 0.15) is 0 Å². The lowest BCUT2D eigenvalue weighted by Gasteiger charge is -2.24. The summed E-state index contributed by atoms with van der Waals surface area (Å²) in [4.78, 5) is 13.0. The molecule has 0 aliphatic rings. The van der Waals surface area contributed by atoms with E-state index in [2.05, 4.69) is 5.32 Å². The van der Waals surface area contributed by atoms with E-state index < -0.39 is 0 Å². The van der Waals surface area contributed by atoms with Crippen molar-refractivity contribution in [3.63, 3.8) is 0 Å². The van der Waals surface area contributed by atoms with Gasteiger partial charge in [0.15, 0.2) is 0 Å². The van der Waals surface area contributed by atoms with Crippen LogP contribution in [0, 0.1) is 0 Å². The maximum Gasteiger partial charge on any atom is 0.317 e. The average Bonchev–Trinajstić information content (AvgIpc) is 2.27. The van der Waals surface area contributed by atoms with Gasteiger partial charge in [-0.15, -0.1) is 0 Å². The number of nitrogens with one attached hydrogen (secondary N) is 1. The summed E-state index contributed by atoms with van der Waals surface area (Å²) in [5.41, 5.74) is 1.06. The van der Waals surface area contributed by atoms with Gasteiger partial charge >= 0.3 is 6.03 Å². The molecule has 0 aliphatic heterocycles. The Bertz CT molecular complexity index is 337. The molecule has 1 N–H and O–H groups in total. The standard InChI is InChI=1S/C11H15ClN2O/c1-8(14(3)11(15)13-2)9-4-6-10(12)7-5-9/h4-8H,1-3H3,(H,13,15). The van der Waals surface area contributed by atoms with Crippen LogP contribution in [0.3, 0.4) is 0 Å². The number of urea groups is 1. The van der Waals surface area contributed by atoms with E-state index in [1.807, 2.05) is 31.2 Å². The summed E-state index contributed by atoms with van der Waals surface area (Å²) in [5, 5.41) is 3.29. The smallest absolute Gasteiger partial charge is 0.317 e. The first-order valence-corrected chi connectivity index (χ1v) is 5.14. The van der Waals surface area contributed by atoms with Crippen molar-refractivity contribution in [1.82, 2.24) is 10.2 Å². The molecule has 4 heteroatoms. The lowest BCUT2D eigenvalue weighted by molar-refractivity contribution is 0.197. The molecule has 15 heavy (non-hydrogen) atoms. The SMILES string of the molecule is CNC(=O)N(C)C(C)c1ccc(Cl)cc1. The van der Waals surface area contributed by atoms with E-state index in [1.165, 1.54) is 0 Å². The molecule has 1 atom stereocenters. The summed E-state index contributed by atoms with van der Waals surface area (Å²) >= 11 is 5.79. The van der Waals surface area contributed by atoms with Gasteiger partial charge < -0.3 is 10.2 Å². The van der Waals surface area contributed by atoms with Crippen molar-refractivity contribution >= 4 is 17.6 Å². The van der Waals surface area contributed by atoms with Crippen LogP contribution in [0.2, 0.25) is 5.02 Å². The molecule has 0 aromatic heterocycles. The van der Waals surface area contributed by atoms with E-state index in [0.29, 0.717) is 5.02 Å². The van der Waals surface area contributed by atoms with Gasteiger partial charge in [0.25, 0.3) is 0 Å². The fraction of sp³-hybridized carbons (Fsp3) is 0.364. The van der Waals surface area contributed by atoms with Gasteiger partial charge in [-0.1, -0.05) is 23.7 Å². The van der Waals surface area contributed by atoms with Gasteiger partial charge in [-0.05, 0) is 24.6 Å². The van der Waals surface area contributed by atoms with E-state index in [4.69, 9.17) is 11.6 Å². The molecule has 0 saturated carbocycles. The number of carbonyl (C=O) groups is 1. The summed E-state index contributed by atoms with van der Waals surface area (Å²) in [6.45, 7) is 1.97. The molecule has 0 saturated heterocycles. The van der Waals surface area contributed by atoms with Gasteiger partial charge in [0, 0.05) is 19.1 Å². The minimum absolute atomic E-state index is 0.0298. The molecule has 0 radical (unpaired) electrons. The van der Waals surface area contributed by atoms with Crippen molar-refractivity contribution in [2.24, 2.45) is 0 Å². The van der Waals surface area contributed by atoms with Crippen molar-refractivity contribution in [1.29, 1.82) is 0 Å². The van der Waals surface area contributed by atoms with Crippen LogP contribution in [-0.4, -0.2) is 25.0 Å². The van der Waals surface area contributed by atoms with Crippen LogP contribution in [-0.2, 0) is 0 Å². The summed E-state index contributed by atoms with van der Waals surface area (Å²) < 4.78 is 0. The fourth-order valence-electron chi connectivity index (χ4n) is 1.32. The number of nitrogens with zero attached hydrogens (tertiary/aromatic N) is 1. The number of rotatable bonds is 2. The Morgan fingerprint density at radius 3 is 2.40 bits per heavy atom. The molecule has 0 fully saturated rings. The molecule has 0 bridgehead atoms. The first-order valence-electron chi connectivity index (χ1n) is 4.76. The third-order valence-electron chi connectivity index (χ3n) is 2.47. The molecular weight excluding hydrogens is 212 g/mol. The first-order chi connectivity index (χ1) is 7.06. The summed E-state index contributed by atoms with van der Waals surface area (Å²) in [6, 6.07) is 7.43. The second-order valence-corrected chi connectivity index (χ2v) is 3.83. The zero-order chi connectivity index (χ0) is 11.4. The number of hydrogen-bond donors (Lipinski definition) is 1. The largest absolute Gasteiger partial charge is 0.341 e. The maximum atomic E-state index is 11.4. The second kappa shape index (κ2) is 5.03. The lowest BCUT2D eigenvalue weighted by atomic mass is 10.1. The van der Waals surface area contributed by atoms with Gasteiger partial charge in [0.05, 0.1) is 6.04 Å². The lowest BCUT2D eigenvalue weighted by Crippen LogP contribution is -2.36. The summed E-state index contributed by atoms with van der Waals surface area (Å²) in [6.07, 6.45) is 0. The monoisotopic (exact) mass is 226 g/mol. The number of benzene rings is 1. The van der Waals surface area contributed by atoms with Crippen molar-refractivity contribution in [3.05, 3.63) is 34.9 Å². The zero-order valence-electron chi connectivity index (χ0n) is 9.12. The topological polar surface area (TPSA) is 32.3 Å². The Kier molecular flexibility index (Phi) is 3.97. The summed E-state index contributed by atoms with van der Waals surface area (Å²) in [7, 11) is 3.38. The van der Waals surface area contributed by atoms with Crippen LogP contribution < -0.4 is 5.32 Å². The van der Waals surface area contributed by atoms with Crippen molar-refractivity contribution in [3.8, 4) is 0 Å². The minimum Gasteiger partial charge on any atom is -0.341 e. The molecular formula is C11H15ClN2O. The first kappa shape index (κ1) is 11.9. The quantitative estimate of drug-likeness (QED) is 0.826. The van der Waals surface area contributed by atoms with E-state index >= 15 is 0 Å². The van der Waals surface area contributed by atoms with Crippen LogP contribution >= 0.6 is 11.6 Å². The average molecular weight is 227 g/mol. The van der Waals surface area contributed by atoms with Crippen LogP contribution in [0.15, 0.2) is 24.3 Å². The van der Waals surface area contributed by atoms with Crippen LogP contribution in [0.4, 0.5) is 4.79 Å². The number of hydrogen-bond acceptors (Lipinski definition) is 1. The highest BCUT2D eigenvalue weighted by Gasteiger charge is 2.15. The van der Waals surface area contributed by atoms with E-state index in [-0.39, 0.29) is 12.1 Å².